The van der Waals surface area contributed by atoms with Gasteiger partial charge in [0, 0.05) is 25.0 Å². The molecule has 3 N–H and O–H groups in total. The third kappa shape index (κ3) is 2.26. The molecule has 0 spiro atoms. The molecule has 0 radical (unpaired) electrons. The van der Waals surface area contributed by atoms with Gasteiger partial charge in [0.1, 0.15) is 0 Å². The van der Waals surface area contributed by atoms with E-state index in [2.05, 4.69) is 20.0 Å². The van der Waals surface area contributed by atoms with Gasteiger partial charge in [-0.1, -0.05) is 5.16 Å². The molecule has 1 aromatic rings. The lowest BCUT2D eigenvalue weighted by Gasteiger charge is -2.33. The number of rotatable bonds is 4. The summed E-state index contributed by atoms with van der Waals surface area (Å²) in [4.78, 5) is 3.93. The first-order valence-corrected chi connectivity index (χ1v) is 4.59. The molecule has 1 aliphatic carbocycles. The summed E-state index contributed by atoms with van der Waals surface area (Å²) in [5, 5.41) is 7.11. The molecular formula is C8H14N4O. The van der Waals surface area contributed by atoms with Gasteiger partial charge in [0.05, 0.1) is 0 Å². The van der Waals surface area contributed by atoms with Gasteiger partial charge in [-0.2, -0.15) is 4.98 Å². The summed E-state index contributed by atoms with van der Waals surface area (Å²) in [7, 11) is 0. The summed E-state index contributed by atoms with van der Waals surface area (Å²) in [5.41, 5.74) is 5.66. The summed E-state index contributed by atoms with van der Waals surface area (Å²) in [5.74, 6) is 0.760. The molecule has 0 saturated heterocycles. The predicted octanol–water partition coefficient (Wildman–Crippen LogP) is -0.309. The van der Waals surface area contributed by atoms with Crippen LogP contribution in [0.3, 0.4) is 0 Å². The number of aromatic nitrogens is 2. The van der Waals surface area contributed by atoms with Gasteiger partial charge in [-0.3, -0.25) is 0 Å². The highest BCUT2D eigenvalue weighted by molar-refractivity contribution is 4.88. The summed E-state index contributed by atoms with van der Waals surface area (Å²) >= 11 is 0. The molecule has 0 unspecified atom stereocenters. The van der Waals surface area contributed by atoms with Gasteiger partial charge in [0.25, 0.3) is 0 Å². The molecule has 0 aromatic carbocycles. The molecule has 72 valence electrons. The van der Waals surface area contributed by atoms with Crippen LogP contribution in [0.5, 0.6) is 0 Å². The van der Waals surface area contributed by atoms with Crippen LogP contribution in [0.1, 0.15) is 18.7 Å². The number of hydrogen-bond donors (Lipinski definition) is 2. The van der Waals surface area contributed by atoms with Crippen LogP contribution < -0.4 is 11.1 Å². The number of nitrogens with one attached hydrogen (secondary N) is 1. The summed E-state index contributed by atoms with van der Waals surface area (Å²) in [6, 6.07) is 1.00. The Labute approximate surface area is 76.7 Å². The minimum absolute atomic E-state index is 0.405. The third-order valence-corrected chi connectivity index (χ3v) is 2.36. The van der Waals surface area contributed by atoms with Crippen LogP contribution >= 0.6 is 0 Å². The Bertz CT molecular complexity index is 243. The molecule has 0 bridgehead atoms. The van der Waals surface area contributed by atoms with Crippen molar-refractivity contribution >= 4 is 0 Å². The maximum atomic E-state index is 5.66. The molecule has 1 aliphatic rings. The highest BCUT2D eigenvalue weighted by Crippen LogP contribution is 2.16. The molecule has 0 atom stereocenters. The van der Waals surface area contributed by atoms with E-state index in [4.69, 9.17) is 5.73 Å². The number of nitrogens with zero attached hydrogens (tertiary/aromatic N) is 2. The average molecular weight is 182 g/mol. The van der Waals surface area contributed by atoms with Crippen LogP contribution in [0.4, 0.5) is 0 Å². The maximum absolute atomic E-state index is 5.66. The number of hydrogen-bond acceptors (Lipinski definition) is 5. The van der Waals surface area contributed by atoms with Crippen molar-refractivity contribution in [3.63, 3.8) is 0 Å². The fraction of sp³-hybridized carbons (Fsp3) is 0.750. The van der Waals surface area contributed by atoms with Crippen molar-refractivity contribution in [2.75, 3.05) is 6.54 Å². The predicted molar refractivity (Wildman–Crippen MR) is 47.0 cm³/mol. The van der Waals surface area contributed by atoms with Crippen molar-refractivity contribution in [1.82, 2.24) is 15.5 Å². The molecule has 1 aromatic heterocycles. The van der Waals surface area contributed by atoms with Gasteiger partial charge in [-0.15, -0.1) is 0 Å². The molecule has 1 fully saturated rings. The third-order valence-electron chi connectivity index (χ3n) is 2.36. The molecule has 13 heavy (non-hydrogen) atoms. The summed E-state index contributed by atoms with van der Waals surface area (Å²) < 4.78 is 4.62. The Morgan fingerprint density at radius 3 is 3.08 bits per heavy atom. The van der Waals surface area contributed by atoms with E-state index < -0.39 is 0 Å². The lowest BCUT2D eigenvalue weighted by molar-refractivity contribution is 0.293. The second-order valence-electron chi connectivity index (χ2n) is 3.48. The molecule has 0 amide bonds. The highest BCUT2D eigenvalue weighted by atomic mass is 16.5. The zero-order valence-electron chi connectivity index (χ0n) is 7.44. The Balaban J connectivity index is 1.59. The molecular weight excluding hydrogens is 168 g/mol. The molecule has 2 rings (SSSR count). The Kier molecular flexibility index (Phi) is 2.56. The first kappa shape index (κ1) is 8.65. The Morgan fingerprint density at radius 2 is 2.46 bits per heavy atom. The average Bonchev–Trinajstić information content (AvgIpc) is 2.53. The normalized spacial score (nSPS) is 27.2. The fourth-order valence-corrected chi connectivity index (χ4v) is 1.52. The monoisotopic (exact) mass is 182 g/mol. The van der Waals surface area contributed by atoms with Gasteiger partial charge in [-0.25, -0.2) is 0 Å². The standard InChI is InChI=1S/C8H14N4O/c9-6-3-7(4-6)10-2-1-8-11-5-13-12-8/h5-7,10H,1-4,9H2. The Morgan fingerprint density at radius 1 is 1.62 bits per heavy atom. The zero-order chi connectivity index (χ0) is 9.10. The summed E-state index contributed by atoms with van der Waals surface area (Å²) in [6.07, 6.45) is 4.36. The van der Waals surface area contributed by atoms with Crippen molar-refractivity contribution in [2.45, 2.75) is 31.3 Å². The van der Waals surface area contributed by atoms with E-state index in [0.717, 1.165) is 31.6 Å². The van der Waals surface area contributed by atoms with Crippen molar-refractivity contribution in [1.29, 1.82) is 0 Å². The highest BCUT2D eigenvalue weighted by Gasteiger charge is 2.24. The van der Waals surface area contributed by atoms with Crippen LogP contribution in [0, 0.1) is 0 Å². The lowest BCUT2D eigenvalue weighted by Crippen LogP contribution is -2.48. The van der Waals surface area contributed by atoms with E-state index in [-0.39, 0.29) is 0 Å². The number of nitrogens with two attached hydrogens (primary N) is 1. The first-order chi connectivity index (χ1) is 6.34. The van der Waals surface area contributed by atoms with Crippen LogP contribution in [0.25, 0.3) is 0 Å². The van der Waals surface area contributed by atoms with Crippen LogP contribution in [-0.2, 0) is 6.42 Å². The van der Waals surface area contributed by atoms with Gasteiger partial charge < -0.3 is 15.6 Å². The second kappa shape index (κ2) is 3.85. The van der Waals surface area contributed by atoms with Gasteiger partial charge in [-0.05, 0) is 12.8 Å². The lowest BCUT2D eigenvalue weighted by atomic mass is 9.88. The summed E-state index contributed by atoms with van der Waals surface area (Å²) in [6.45, 7) is 0.900. The minimum atomic E-state index is 0.405. The molecule has 5 heteroatoms. The van der Waals surface area contributed by atoms with Crippen LogP contribution in [-0.4, -0.2) is 28.8 Å². The zero-order valence-corrected chi connectivity index (χ0v) is 7.44. The van der Waals surface area contributed by atoms with Crippen LogP contribution in [0.2, 0.25) is 0 Å². The smallest absolute Gasteiger partial charge is 0.213 e. The van der Waals surface area contributed by atoms with Crippen molar-refractivity contribution in [2.24, 2.45) is 5.73 Å². The van der Waals surface area contributed by atoms with E-state index in [1.807, 2.05) is 0 Å². The minimum Gasteiger partial charge on any atom is -0.343 e. The van der Waals surface area contributed by atoms with E-state index in [0.29, 0.717) is 12.1 Å². The van der Waals surface area contributed by atoms with Crippen molar-refractivity contribution < 1.29 is 4.52 Å². The SMILES string of the molecule is NC1CC(NCCc2ncon2)C1. The molecule has 1 heterocycles. The van der Waals surface area contributed by atoms with Crippen molar-refractivity contribution in [3.05, 3.63) is 12.2 Å². The van der Waals surface area contributed by atoms with E-state index in [1.165, 1.54) is 6.39 Å². The molecule has 5 nitrogen and oxygen atoms in total. The quantitative estimate of drug-likeness (QED) is 0.668. The molecule has 1 saturated carbocycles. The van der Waals surface area contributed by atoms with Gasteiger partial charge in [0.2, 0.25) is 6.39 Å². The second-order valence-corrected chi connectivity index (χ2v) is 3.48. The van der Waals surface area contributed by atoms with E-state index in [9.17, 15) is 0 Å². The topological polar surface area (TPSA) is 77.0 Å². The van der Waals surface area contributed by atoms with Crippen molar-refractivity contribution in [3.8, 4) is 0 Å². The van der Waals surface area contributed by atoms with Crippen LogP contribution in [0.15, 0.2) is 10.9 Å². The molecule has 0 aliphatic heterocycles. The Hall–Kier alpha value is -0.940. The largest absolute Gasteiger partial charge is 0.343 e. The van der Waals surface area contributed by atoms with Gasteiger partial charge >= 0.3 is 0 Å². The fourth-order valence-electron chi connectivity index (χ4n) is 1.52. The van der Waals surface area contributed by atoms with E-state index in [1.54, 1.807) is 0 Å². The van der Waals surface area contributed by atoms with E-state index >= 15 is 0 Å². The maximum Gasteiger partial charge on any atom is 0.213 e. The van der Waals surface area contributed by atoms with Gasteiger partial charge in [0.15, 0.2) is 5.82 Å². The first-order valence-electron chi connectivity index (χ1n) is 4.59.